The second kappa shape index (κ2) is 11.8. The van der Waals surface area contributed by atoms with Crippen LogP contribution in [-0.2, 0) is 0 Å². The average molecular weight is 704 g/mol. The van der Waals surface area contributed by atoms with E-state index in [1.165, 1.54) is 0 Å². The Labute approximate surface area is 350 Å². The van der Waals surface area contributed by atoms with Gasteiger partial charge in [-0.3, -0.25) is 0 Å². The molecule has 1 nitrogen and oxygen atoms in total. The summed E-state index contributed by atoms with van der Waals surface area (Å²) in [5, 5.41) is -6.82. The molecule has 0 atom stereocenters. The van der Waals surface area contributed by atoms with Gasteiger partial charge in [-0.05, 0) is 100 Å². The molecule has 0 aliphatic carbocycles. The molecule has 0 saturated heterocycles. The minimum Gasteiger partial charge on any atom is -0.455 e. The number of rotatable bonds is 4. The molecule has 0 fully saturated rings. The van der Waals surface area contributed by atoms with Crippen LogP contribution in [0.25, 0.3) is 110 Å². The number of hydrogen-bond donors (Lipinski definition) is 0. The summed E-state index contributed by atoms with van der Waals surface area (Å²) in [6.45, 7) is 0. The van der Waals surface area contributed by atoms with Crippen LogP contribution in [0.15, 0.2) is 198 Å². The Hall–Kier alpha value is -6.96. The lowest BCUT2D eigenvalue weighted by molar-refractivity contribution is 0.670. The van der Waals surface area contributed by atoms with Gasteiger partial charge in [0.05, 0.1) is 42.5 Å². The predicted octanol–water partition coefficient (Wildman–Crippen LogP) is 14.9. The molecule has 11 rings (SSSR count). The smallest absolute Gasteiger partial charge is 0.143 e. The molecule has 0 unspecified atom stereocenters. The van der Waals surface area contributed by atoms with Gasteiger partial charge in [0, 0.05) is 16.3 Å². The Morgan fingerprint density at radius 2 is 0.868 bits per heavy atom. The largest absolute Gasteiger partial charge is 0.455 e. The highest BCUT2D eigenvalue weighted by molar-refractivity contribution is 6.25. The van der Waals surface area contributed by atoms with Crippen LogP contribution in [0.3, 0.4) is 0 Å². The SMILES string of the molecule is [2H]c1cc2c(oc3c([2H])c(-c4c([2H])c([2H])c([2H])c([2H])c4[2H])c([2H])c([2H])c32)c(-c2c([2H])c([2H])c3c([2H])c([2H])c([2H])c(-c4c5c([2H])c([2H])c([2H])c([2H])c5c(-c5c([2H])c([2H])c([2H])c6c([2H])c([2H])c([2H])c([2H])c56)c5c([2H])c([2H])c([2H])c([2H])c45)c3c2[2H])c1[2H]. The highest BCUT2D eigenvalue weighted by Crippen LogP contribution is 2.47. The van der Waals surface area contributed by atoms with Gasteiger partial charge in [0.2, 0.25) is 0 Å². The van der Waals surface area contributed by atoms with E-state index in [-0.39, 0.29) is 5.39 Å². The van der Waals surface area contributed by atoms with E-state index < -0.39 is 291 Å². The molecule has 0 N–H and O–H groups in total. The quantitative estimate of drug-likeness (QED) is 0.166. The number of hydrogen-bond acceptors (Lipinski definition) is 1. The van der Waals surface area contributed by atoms with Crippen LogP contribution in [0, 0.1) is 0 Å². The van der Waals surface area contributed by atoms with Crippen molar-refractivity contribution >= 4 is 65.0 Å². The predicted molar refractivity (Wildman–Crippen MR) is 225 cm³/mol. The third-order valence-corrected chi connectivity index (χ3v) is 8.76. The lowest BCUT2D eigenvalue weighted by Crippen LogP contribution is -1.92. The molecular weight excluding hydrogens is 641 g/mol. The summed E-state index contributed by atoms with van der Waals surface area (Å²) >= 11 is 0. The van der Waals surface area contributed by atoms with Crippen LogP contribution in [0.1, 0.15) is 42.5 Å². The van der Waals surface area contributed by atoms with E-state index in [4.69, 9.17) is 27.7 Å². The first kappa shape index (κ1) is 12.3. The summed E-state index contributed by atoms with van der Waals surface area (Å²) in [5.41, 5.74) is -7.21. The monoisotopic (exact) mass is 703 g/mol. The number of benzene rings is 10. The van der Waals surface area contributed by atoms with E-state index in [2.05, 4.69) is 0 Å². The van der Waals surface area contributed by atoms with Gasteiger partial charge < -0.3 is 4.42 Å². The summed E-state index contributed by atoms with van der Waals surface area (Å²) in [4.78, 5) is 0. The van der Waals surface area contributed by atoms with Gasteiger partial charge >= 0.3 is 0 Å². The second-order valence-electron chi connectivity index (χ2n) is 11.6. The maximum absolute atomic E-state index is 10.1. The zero-order chi connectivity index (χ0) is 61.9. The summed E-state index contributed by atoms with van der Waals surface area (Å²) in [7, 11) is 0. The van der Waals surface area contributed by atoms with E-state index in [1.807, 2.05) is 0 Å². The van der Waals surface area contributed by atoms with Crippen molar-refractivity contribution in [1.82, 2.24) is 0 Å². The van der Waals surface area contributed by atoms with Crippen molar-refractivity contribution in [2.24, 2.45) is 0 Å². The van der Waals surface area contributed by atoms with Crippen molar-refractivity contribution in [2.45, 2.75) is 0 Å². The molecule has 0 radical (unpaired) electrons. The molecule has 0 amide bonds. The molecule has 0 saturated carbocycles. The minimum absolute atomic E-state index is 0.310. The Kier molecular flexibility index (Phi) is 2.74. The second-order valence-corrected chi connectivity index (χ2v) is 11.6. The zero-order valence-corrected chi connectivity index (χ0v) is 26.5. The number of fused-ring (bicyclic) bond motifs is 7. The van der Waals surface area contributed by atoms with Crippen molar-refractivity contribution in [3.05, 3.63) is 193 Å². The first-order valence-corrected chi connectivity index (χ1v) is 15.7. The third kappa shape index (κ3) is 4.64. The van der Waals surface area contributed by atoms with Crippen LogP contribution in [0.4, 0.5) is 0 Å². The molecule has 11 aromatic rings. The van der Waals surface area contributed by atoms with Crippen molar-refractivity contribution < 1.29 is 46.9 Å². The topological polar surface area (TPSA) is 13.1 Å². The summed E-state index contributed by atoms with van der Waals surface area (Å²) < 4.78 is 288. The fourth-order valence-corrected chi connectivity index (χ4v) is 6.51. The number of para-hydroxylation sites is 1. The Bertz CT molecular complexity index is 4910. The van der Waals surface area contributed by atoms with Crippen LogP contribution in [0.2, 0.25) is 0 Å². The normalized spacial score (nSPS) is 20.0. The van der Waals surface area contributed by atoms with Gasteiger partial charge in [0.15, 0.2) is 0 Å². The molecule has 0 aliphatic rings. The maximum Gasteiger partial charge on any atom is 0.143 e. The van der Waals surface area contributed by atoms with Crippen LogP contribution in [0.5, 0.6) is 0 Å². The van der Waals surface area contributed by atoms with Crippen molar-refractivity contribution in [2.75, 3.05) is 0 Å². The highest BCUT2D eigenvalue weighted by atomic mass is 16.3. The van der Waals surface area contributed by atoms with Gasteiger partial charge in [-0.15, -0.1) is 0 Å². The number of furan rings is 1. The standard InChI is InChI=1S/C52H32O/c1-2-13-33(14-3-1)36-29-30-40-47-26-12-23-39(52(47)53-49(40)32-36)37-28-27-35-17-11-25-46(48(35)31-37)51-44-21-8-6-19-42(44)50(43-20-7-9-22-45(43)51)41-24-10-16-34-15-4-5-18-38(34)41/h1-32H/i1D,2D,3D,4D,5D,6D,7D,8D,9D,10D,11D,12D,13D,14D,15D,16D,17D,18D,19D,20D,21D,22D,23D,24D,25D,27D,28D,29D,30D,31D,32D. The highest BCUT2D eigenvalue weighted by Gasteiger charge is 2.20. The van der Waals surface area contributed by atoms with Gasteiger partial charge in [-0.1, -0.05) is 175 Å². The van der Waals surface area contributed by atoms with Crippen molar-refractivity contribution in [3.63, 3.8) is 0 Å². The van der Waals surface area contributed by atoms with E-state index in [0.717, 1.165) is 6.07 Å². The minimum atomic E-state index is -1.10. The average Bonchev–Trinajstić information content (AvgIpc) is 1.19. The van der Waals surface area contributed by atoms with Gasteiger partial charge in [0.25, 0.3) is 0 Å². The van der Waals surface area contributed by atoms with Crippen molar-refractivity contribution in [3.8, 4) is 44.5 Å². The molecule has 0 spiro atoms. The first-order chi connectivity index (χ1) is 39.2. The lowest BCUT2D eigenvalue weighted by Gasteiger charge is -2.20. The molecule has 246 valence electrons. The summed E-state index contributed by atoms with van der Waals surface area (Å²) in [6, 6.07) is -28.3. The van der Waals surface area contributed by atoms with Crippen LogP contribution in [-0.4, -0.2) is 0 Å². The van der Waals surface area contributed by atoms with E-state index in [9.17, 15) is 19.2 Å². The Morgan fingerprint density at radius 1 is 0.321 bits per heavy atom. The fraction of sp³-hybridized carbons (Fsp3) is 0. The lowest BCUT2D eigenvalue weighted by atomic mass is 9.83. The zero-order valence-electron chi connectivity index (χ0n) is 57.5. The summed E-state index contributed by atoms with van der Waals surface area (Å²) in [5.74, 6) is 0. The van der Waals surface area contributed by atoms with E-state index in [1.54, 1.807) is 0 Å². The molecule has 0 aliphatic heterocycles. The molecule has 53 heavy (non-hydrogen) atoms. The maximum atomic E-state index is 10.1. The molecule has 1 aromatic heterocycles. The molecule has 10 aromatic carbocycles. The Balaban J connectivity index is 1.40. The molecule has 1 heterocycles. The van der Waals surface area contributed by atoms with Gasteiger partial charge in [0.1, 0.15) is 11.2 Å². The van der Waals surface area contributed by atoms with Crippen molar-refractivity contribution in [1.29, 1.82) is 0 Å². The first-order valence-electron chi connectivity index (χ1n) is 31.2. The van der Waals surface area contributed by atoms with Gasteiger partial charge in [-0.2, -0.15) is 0 Å². The molecular formula is C52H32O. The summed E-state index contributed by atoms with van der Waals surface area (Å²) in [6.07, 6.45) is 0. The van der Waals surface area contributed by atoms with Gasteiger partial charge in [-0.25, -0.2) is 0 Å². The third-order valence-electron chi connectivity index (χ3n) is 8.76. The fourth-order valence-electron chi connectivity index (χ4n) is 6.51. The van der Waals surface area contributed by atoms with Crippen LogP contribution < -0.4 is 0 Å². The van der Waals surface area contributed by atoms with Crippen LogP contribution >= 0.6 is 0 Å². The molecule has 0 bridgehead atoms. The Morgan fingerprint density at radius 3 is 1.57 bits per heavy atom. The molecule has 1 heteroatoms. The van der Waals surface area contributed by atoms with E-state index >= 15 is 0 Å². The van der Waals surface area contributed by atoms with E-state index in [0.29, 0.717) is 0 Å².